The minimum atomic E-state index is 1.05. The van der Waals surface area contributed by atoms with Crippen molar-refractivity contribution in [2.45, 2.75) is 51.4 Å². The molecule has 0 N–H and O–H groups in total. The van der Waals surface area contributed by atoms with Gasteiger partial charge in [-0.3, -0.25) is 0 Å². The van der Waals surface area contributed by atoms with Gasteiger partial charge in [0.2, 0.25) is 0 Å². The highest BCUT2D eigenvalue weighted by Crippen LogP contribution is 2.35. The van der Waals surface area contributed by atoms with Gasteiger partial charge >= 0.3 is 0 Å². The summed E-state index contributed by atoms with van der Waals surface area (Å²) in [6.45, 7) is 0. The maximum atomic E-state index is 2.41. The smallest absolute Gasteiger partial charge is 0.0319 e. The molecule has 2 aliphatic carbocycles. The van der Waals surface area contributed by atoms with Crippen molar-refractivity contribution < 1.29 is 0 Å². The lowest BCUT2D eigenvalue weighted by atomic mass is 9.75. The summed E-state index contributed by atoms with van der Waals surface area (Å²) < 4.78 is 0. The molecule has 0 radical (unpaired) electrons. The standard InChI is InChI=1S/C12H20/c1-3-7-11(8-4-1)12-9-5-2-6-10-12/h1,3,11-12H,2,4-10H2/t11-/m1/s1. The minimum absolute atomic E-state index is 1.05. The summed E-state index contributed by atoms with van der Waals surface area (Å²) in [5.41, 5.74) is 0. The van der Waals surface area contributed by atoms with Gasteiger partial charge in [0.25, 0.3) is 0 Å². The van der Waals surface area contributed by atoms with Crippen molar-refractivity contribution in [1.29, 1.82) is 0 Å². The zero-order chi connectivity index (χ0) is 8.23. The topological polar surface area (TPSA) is 0 Å². The molecule has 0 aromatic carbocycles. The molecule has 0 unspecified atom stereocenters. The molecule has 0 heterocycles. The summed E-state index contributed by atoms with van der Waals surface area (Å²) in [6.07, 6.45) is 16.5. The molecule has 0 aromatic heterocycles. The zero-order valence-electron chi connectivity index (χ0n) is 7.97. The molecule has 0 saturated heterocycles. The molecular weight excluding hydrogens is 144 g/mol. The molecule has 0 aromatic rings. The highest BCUT2D eigenvalue weighted by Gasteiger charge is 2.22. The quantitative estimate of drug-likeness (QED) is 0.515. The summed E-state index contributed by atoms with van der Waals surface area (Å²) in [6, 6.07) is 0. The molecule has 2 aliphatic rings. The van der Waals surface area contributed by atoms with Gasteiger partial charge in [-0.15, -0.1) is 0 Å². The normalized spacial score (nSPS) is 32.2. The first kappa shape index (κ1) is 8.34. The lowest BCUT2D eigenvalue weighted by Crippen LogP contribution is -2.18. The molecule has 0 nitrogen and oxygen atoms in total. The van der Waals surface area contributed by atoms with Crippen molar-refractivity contribution in [2.75, 3.05) is 0 Å². The number of rotatable bonds is 1. The molecule has 12 heavy (non-hydrogen) atoms. The summed E-state index contributed by atoms with van der Waals surface area (Å²) >= 11 is 0. The lowest BCUT2D eigenvalue weighted by molar-refractivity contribution is 0.234. The van der Waals surface area contributed by atoms with Crippen molar-refractivity contribution in [3.8, 4) is 0 Å². The average Bonchev–Trinajstić information content (AvgIpc) is 2.21. The monoisotopic (exact) mass is 164 g/mol. The van der Waals surface area contributed by atoms with E-state index in [4.69, 9.17) is 0 Å². The SMILES string of the molecule is C1=CC[C@@H](C2CCCCC2)CC1. The Balaban J connectivity index is 1.85. The van der Waals surface area contributed by atoms with Crippen LogP contribution in [0, 0.1) is 11.8 Å². The second kappa shape index (κ2) is 4.11. The van der Waals surface area contributed by atoms with Crippen molar-refractivity contribution in [2.24, 2.45) is 11.8 Å². The third-order valence-electron chi connectivity index (χ3n) is 3.63. The van der Waals surface area contributed by atoms with Crippen LogP contribution in [0.3, 0.4) is 0 Å². The first-order valence-electron chi connectivity index (χ1n) is 5.62. The van der Waals surface area contributed by atoms with Gasteiger partial charge in [0, 0.05) is 0 Å². The number of allylic oxidation sites excluding steroid dienone is 2. The van der Waals surface area contributed by atoms with Crippen LogP contribution in [0.5, 0.6) is 0 Å². The fourth-order valence-electron chi connectivity index (χ4n) is 2.85. The Morgan fingerprint density at radius 3 is 2.25 bits per heavy atom. The van der Waals surface area contributed by atoms with Crippen molar-refractivity contribution in [3.63, 3.8) is 0 Å². The molecular formula is C12H20. The predicted octanol–water partition coefficient (Wildman–Crippen LogP) is 3.92. The van der Waals surface area contributed by atoms with Gasteiger partial charge in [-0.05, 0) is 31.1 Å². The van der Waals surface area contributed by atoms with E-state index in [1.165, 1.54) is 51.4 Å². The molecule has 0 amide bonds. The second-order valence-corrected chi connectivity index (χ2v) is 4.44. The summed E-state index contributed by atoms with van der Waals surface area (Å²) in [4.78, 5) is 0. The van der Waals surface area contributed by atoms with Crippen LogP contribution in [0.1, 0.15) is 51.4 Å². The molecule has 1 atom stereocenters. The predicted molar refractivity (Wildman–Crippen MR) is 53.1 cm³/mol. The average molecular weight is 164 g/mol. The third-order valence-corrected chi connectivity index (χ3v) is 3.63. The zero-order valence-corrected chi connectivity index (χ0v) is 7.97. The largest absolute Gasteiger partial charge is 0.0885 e. The Labute approximate surface area is 76.1 Å². The Morgan fingerprint density at radius 2 is 1.58 bits per heavy atom. The molecule has 0 spiro atoms. The van der Waals surface area contributed by atoms with Crippen molar-refractivity contribution >= 4 is 0 Å². The van der Waals surface area contributed by atoms with Crippen molar-refractivity contribution in [3.05, 3.63) is 12.2 Å². The van der Waals surface area contributed by atoms with E-state index in [2.05, 4.69) is 12.2 Å². The van der Waals surface area contributed by atoms with Crippen LogP contribution in [0.4, 0.5) is 0 Å². The van der Waals surface area contributed by atoms with E-state index in [-0.39, 0.29) is 0 Å². The van der Waals surface area contributed by atoms with E-state index in [0.717, 1.165) is 11.8 Å². The molecule has 0 aliphatic heterocycles. The molecule has 1 fully saturated rings. The number of hydrogen-bond acceptors (Lipinski definition) is 0. The van der Waals surface area contributed by atoms with E-state index in [1.54, 1.807) is 0 Å². The van der Waals surface area contributed by atoms with Crippen LogP contribution in [-0.4, -0.2) is 0 Å². The van der Waals surface area contributed by atoms with Crippen LogP contribution in [0.25, 0.3) is 0 Å². The van der Waals surface area contributed by atoms with Gasteiger partial charge in [0.05, 0.1) is 0 Å². The van der Waals surface area contributed by atoms with Crippen LogP contribution in [-0.2, 0) is 0 Å². The van der Waals surface area contributed by atoms with E-state index < -0.39 is 0 Å². The van der Waals surface area contributed by atoms with Crippen LogP contribution in [0.15, 0.2) is 12.2 Å². The van der Waals surface area contributed by atoms with Gasteiger partial charge in [0.15, 0.2) is 0 Å². The summed E-state index contributed by atoms with van der Waals surface area (Å²) in [7, 11) is 0. The summed E-state index contributed by atoms with van der Waals surface area (Å²) in [5.74, 6) is 2.14. The third kappa shape index (κ3) is 1.91. The molecule has 2 rings (SSSR count). The molecule has 68 valence electrons. The van der Waals surface area contributed by atoms with Crippen LogP contribution >= 0.6 is 0 Å². The first-order chi connectivity index (χ1) is 5.97. The molecule has 1 saturated carbocycles. The first-order valence-corrected chi connectivity index (χ1v) is 5.62. The van der Waals surface area contributed by atoms with Gasteiger partial charge in [-0.1, -0.05) is 44.3 Å². The maximum absolute atomic E-state index is 2.41. The fourth-order valence-corrected chi connectivity index (χ4v) is 2.85. The van der Waals surface area contributed by atoms with Gasteiger partial charge in [-0.25, -0.2) is 0 Å². The second-order valence-electron chi connectivity index (χ2n) is 4.44. The Kier molecular flexibility index (Phi) is 2.86. The van der Waals surface area contributed by atoms with Crippen LogP contribution < -0.4 is 0 Å². The highest BCUT2D eigenvalue weighted by atomic mass is 14.3. The maximum Gasteiger partial charge on any atom is -0.0319 e. The van der Waals surface area contributed by atoms with E-state index >= 15 is 0 Å². The number of hydrogen-bond donors (Lipinski definition) is 0. The van der Waals surface area contributed by atoms with E-state index in [1.807, 2.05) is 0 Å². The lowest BCUT2D eigenvalue weighted by Gasteiger charge is -2.30. The van der Waals surface area contributed by atoms with Gasteiger partial charge in [0.1, 0.15) is 0 Å². The Bertz CT molecular complexity index is 151. The van der Waals surface area contributed by atoms with Crippen LogP contribution in [0.2, 0.25) is 0 Å². The Morgan fingerprint density at radius 1 is 0.750 bits per heavy atom. The van der Waals surface area contributed by atoms with Gasteiger partial charge < -0.3 is 0 Å². The highest BCUT2D eigenvalue weighted by molar-refractivity contribution is 4.92. The minimum Gasteiger partial charge on any atom is -0.0885 e. The van der Waals surface area contributed by atoms with E-state index in [0.29, 0.717) is 0 Å². The fraction of sp³-hybridized carbons (Fsp3) is 0.833. The van der Waals surface area contributed by atoms with Gasteiger partial charge in [-0.2, -0.15) is 0 Å². The molecule has 0 heteroatoms. The van der Waals surface area contributed by atoms with Crippen molar-refractivity contribution in [1.82, 2.24) is 0 Å². The Hall–Kier alpha value is -0.260. The summed E-state index contributed by atoms with van der Waals surface area (Å²) in [5, 5.41) is 0. The van der Waals surface area contributed by atoms with E-state index in [9.17, 15) is 0 Å². The molecule has 0 bridgehead atoms.